The Morgan fingerprint density at radius 2 is 2.16 bits per heavy atom. The van der Waals surface area contributed by atoms with Crippen LogP contribution in [0.3, 0.4) is 0 Å². The molecule has 0 atom stereocenters. The van der Waals surface area contributed by atoms with E-state index in [-0.39, 0.29) is 16.9 Å². The third-order valence-electron chi connectivity index (χ3n) is 3.33. The van der Waals surface area contributed by atoms with Gasteiger partial charge >= 0.3 is 0 Å². The van der Waals surface area contributed by atoms with E-state index in [0.29, 0.717) is 19.0 Å². The molecule has 0 unspecified atom stereocenters. The molecule has 6 heteroatoms. The lowest BCUT2D eigenvalue weighted by molar-refractivity contribution is 0.0760. The molecular weight excluding hydrogens is 266 g/mol. The molecule has 0 aliphatic carbocycles. The van der Waals surface area contributed by atoms with Gasteiger partial charge in [0.15, 0.2) is 5.43 Å². The normalized spacial score (nSPS) is 17.2. The van der Waals surface area contributed by atoms with Crippen molar-refractivity contribution in [3.8, 4) is 0 Å². The quantitative estimate of drug-likeness (QED) is 0.834. The minimum Gasteiger partial charge on any atom is -0.367 e. The maximum Gasteiger partial charge on any atom is 0.259 e. The van der Waals surface area contributed by atoms with Crippen LogP contribution in [0.25, 0.3) is 0 Å². The fourth-order valence-electron chi connectivity index (χ4n) is 2.27. The van der Waals surface area contributed by atoms with Gasteiger partial charge in [-0.05, 0) is 13.0 Å². The van der Waals surface area contributed by atoms with Gasteiger partial charge in [0.1, 0.15) is 5.56 Å². The number of alkyl halides is 1. The number of halogens is 1. The van der Waals surface area contributed by atoms with Crippen LogP contribution < -0.4 is 5.43 Å². The molecular formula is C13H18ClN3O2. The van der Waals surface area contributed by atoms with E-state index >= 15 is 0 Å². The molecule has 1 aromatic rings. The van der Waals surface area contributed by atoms with Crippen molar-refractivity contribution in [3.05, 3.63) is 34.2 Å². The minimum absolute atomic E-state index is 0.186. The number of H-pyrrole nitrogens is 1. The highest BCUT2D eigenvalue weighted by atomic mass is 35.5. The van der Waals surface area contributed by atoms with Crippen molar-refractivity contribution in [1.82, 2.24) is 14.8 Å². The third-order valence-corrected chi connectivity index (χ3v) is 3.50. The van der Waals surface area contributed by atoms with Gasteiger partial charge in [0, 0.05) is 50.5 Å². The van der Waals surface area contributed by atoms with Gasteiger partial charge < -0.3 is 14.8 Å². The van der Waals surface area contributed by atoms with E-state index in [4.69, 9.17) is 11.6 Å². The Balaban J connectivity index is 2.04. The fourth-order valence-corrected chi connectivity index (χ4v) is 2.51. The number of nitrogens with one attached hydrogen (secondary N) is 1. The number of hydrogen-bond acceptors (Lipinski definition) is 3. The number of aromatic nitrogens is 1. The van der Waals surface area contributed by atoms with Crippen LogP contribution in [0.5, 0.6) is 0 Å². The molecule has 19 heavy (non-hydrogen) atoms. The summed E-state index contributed by atoms with van der Waals surface area (Å²) in [7, 11) is 0. The molecule has 5 nitrogen and oxygen atoms in total. The molecule has 0 radical (unpaired) electrons. The van der Waals surface area contributed by atoms with E-state index in [0.717, 1.165) is 26.1 Å². The van der Waals surface area contributed by atoms with Crippen molar-refractivity contribution in [2.24, 2.45) is 0 Å². The van der Waals surface area contributed by atoms with Gasteiger partial charge in [0.2, 0.25) is 0 Å². The van der Waals surface area contributed by atoms with E-state index in [1.54, 1.807) is 4.90 Å². The van der Waals surface area contributed by atoms with Crippen LogP contribution in [-0.2, 0) is 0 Å². The van der Waals surface area contributed by atoms with Crippen LogP contribution >= 0.6 is 11.6 Å². The van der Waals surface area contributed by atoms with Gasteiger partial charge in [-0.2, -0.15) is 0 Å². The Bertz CT molecular complexity index is 489. The zero-order chi connectivity index (χ0) is 13.7. The van der Waals surface area contributed by atoms with E-state index in [9.17, 15) is 9.59 Å². The van der Waals surface area contributed by atoms with Crippen molar-refractivity contribution in [2.45, 2.75) is 6.42 Å². The molecule has 104 valence electrons. The Morgan fingerprint density at radius 3 is 2.89 bits per heavy atom. The smallest absolute Gasteiger partial charge is 0.259 e. The van der Waals surface area contributed by atoms with Crippen LogP contribution in [0.1, 0.15) is 16.8 Å². The van der Waals surface area contributed by atoms with Crippen LogP contribution in [0, 0.1) is 0 Å². The van der Waals surface area contributed by atoms with Crippen molar-refractivity contribution in [3.63, 3.8) is 0 Å². The Labute approximate surface area is 117 Å². The maximum absolute atomic E-state index is 12.3. The highest BCUT2D eigenvalue weighted by Gasteiger charge is 2.21. The van der Waals surface area contributed by atoms with Crippen molar-refractivity contribution in [2.75, 3.05) is 38.6 Å². The van der Waals surface area contributed by atoms with Gasteiger partial charge in [-0.25, -0.2) is 0 Å². The predicted octanol–water partition coefficient (Wildman–Crippen LogP) is 0.762. The Hall–Kier alpha value is -1.33. The number of aromatic amines is 1. The van der Waals surface area contributed by atoms with Gasteiger partial charge in [-0.1, -0.05) is 0 Å². The first-order valence-electron chi connectivity index (χ1n) is 6.47. The highest BCUT2D eigenvalue weighted by Crippen LogP contribution is 2.06. The highest BCUT2D eigenvalue weighted by molar-refractivity contribution is 6.18. The standard InChI is InChI=1S/C13H18ClN3O2/c14-3-7-16-5-1-6-17(9-8-16)13(19)11-10-15-4-2-12(11)18/h2,4,10H,1,3,5-9H2,(H,15,18). The number of carbonyl (C=O) groups excluding carboxylic acids is 1. The topological polar surface area (TPSA) is 56.4 Å². The summed E-state index contributed by atoms with van der Waals surface area (Å²) in [6.45, 7) is 3.93. The molecule has 0 saturated carbocycles. The largest absolute Gasteiger partial charge is 0.367 e. The van der Waals surface area contributed by atoms with Crippen LogP contribution in [0.4, 0.5) is 0 Å². The van der Waals surface area contributed by atoms with Crippen LogP contribution in [-0.4, -0.2) is 59.3 Å². The number of pyridine rings is 1. The number of hydrogen-bond donors (Lipinski definition) is 1. The zero-order valence-corrected chi connectivity index (χ0v) is 11.5. The molecule has 1 saturated heterocycles. The van der Waals surface area contributed by atoms with Gasteiger partial charge in [0.25, 0.3) is 5.91 Å². The summed E-state index contributed by atoms with van der Waals surface area (Å²) >= 11 is 5.74. The summed E-state index contributed by atoms with van der Waals surface area (Å²) in [5.74, 6) is 0.418. The molecule has 1 fully saturated rings. The summed E-state index contributed by atoms with van der Waals surface area (Å²) in [6.07, 6.45) is 3.92. The molecule has 1 N–H and O–H groups in total. The lowest BCUT2D eigenvalue weighted by Crippen LogP contribution is -2.37. The van der Waals surface area contributed by atoms with Gasteiger partial charge in [-0.3, -0.25) is 9.59 Å². The second-order valence-corrected chi connectivity index (χ2v) is 4.98. The van der Waals surface area contributed by atoms with Crippen molar-refractivity contribution < 1.29 is 4.79 Å². The van der Waals surface area contributed by atoms with E-state index in [2.05, 4.69) is 9.88 Å². The first-order valence-corrected chi connectivity index (χ1v) is 7.00. The molecule has 0 aromatic carbocycles. The molecule has 1 aliphatic rings. The zero-order valence-electron chi connectivity index (χ0n) is 10.8. The second kappa shape index (κ2) is 6.73. The predicted molar refractivity (Wildman–Crippen MR) is 74.7 cm³/mol. The number of carbonyl (C=O) groups is 1. The molecule has 1 aromatic heterocycles. The number of amides is 1. The molecule has 2 rings (SSSR count). The number of rotatable bonds is 3. The Morgan fingerprint density at radius 1 is 1.32 bits per heavy atom. The fraction of sp³-hybridized carbons (Fsp3) is 0.538. The molecule has 1 amide bonds. The molecule has 2 heterocycles. The third kappa shape index (κ3) is 3.58. The Kier molecular flexibility index (Phi) is 4.99. The molecule has 1 aliphatic heterocycles. The minimum atomic E-state index is -0.231. The summed E-state index contributed by atoms with van der Waals surface area (Å²) < 4.78 is 0. The van der Waals surface area contributed by atoms with E-state index < -0.39 is 0 Å². The summed E-state index contributed by atoms with van der Waals surface area (Å²) in [5.41, 5.74) is -0.0149. The summed E-state index contributed by atoms with van der Waals surface area (Å²) in [6, 6.07) is 1.38. The van der Waals surface area contributed by atoms with Crippen molar-refractivity contribution >= 4 is 17.5 Å². The van der Waals surface area contributed by atoms with Gasteiger partial charge in [0.05, 0.1) is 0 Å². The first kappa shape index (κ1) is 14.1. The average molecular weight is 284 g/mol. The van der Waals surface area contributed by atoms with Gasteiger partial charge in [-0.15, -0.1) is 11.6 Å². The monoisotopic (exact) mass is 283 g/mol. The van der Waals surface area contributed by atoms with E-state index in [1.165, 1.54) is 18.5 Å². The maximum atomic E-state index is 12.3. The second-order valence-electron chi connectivity index (χ2n) is 4.60. The first-order chi connectivity index (χ1) is 9.22. The number of nitrogens with zero attached hydrogens (tertiary/aromatic N) is 2. The molecule has 0 bridgehead atoms. The van der Waals surface area contributed by atoms with Crippen molar-refractivity contribution in [1.29, 1.82) is 0 Å². The summed E-state index contributed by atoms with van der Waals surface area (Å²) in [5, 5.41) is 0. The van der Waals surface area contributed by atoms with Crippen LogP contribution in [0.15, 0.2) is 23.3 Å². The van der Waals surface area contributed by atoms with Crippen LogP contribution in [0.2, 0.25) is 0 Å². The molecule has 0 spiro atoms. The lowest BCUT2D eigenvalue weighted by Gasteiger charge is -2.21. The SMILES string of the molecule is O=C(c1c[nH]ccc1=O)N1CCCN(CCCl)CC1. The lowest BCUT2D eigenvalue weighted by atomic mass is 10.2. The summed E-state index contributed by atoms with van der Waals surface area (Å²) in [4.78, 5) is 30.7. The van der Waals surface area contributed by atoms with E-state index in [1.807, 2.05) is 0 Å². The average Bonchev–Trinajstić information content (AvgIpc) is 2.65.